The molecule has 1 N–H and O–H groups in total. The highest BCUT2D eigenvalue weighted by Gasteiger charge is 2.12. The van der Waals surface area contributed by atoms with E-state index in [0.717, 1.165) is 0 Å². The van der Waals surface area contributed by atoms with Crippen LogP contribution in [0.15, 0.2) is 18.2 Å². The summed E-state index contributed by atoms with van der Waals surface area (Å²) in [4.78, 5) is 3.98. The summed E-state index contributed by atoms with van der Waals surface area (Å²) in [7, 11) is -0.155. The van der Waals surface area contributed by atoms with E-state index >= 15 is 0 Å². The van der Waals surface area contributed by atoms with Crippen LogP contribution < -0.4 is 5.32 Å². The first-order chi connectivity index (χ1) is 7.42. The standard InChI is InChI=1S/C9H14ClN3O2S/c1-13(2)16(14,15)7-6-11-9-5-3-4-8(10)12-9/h3-5H,6-7H2,1-2H3,(H,11,12). The third-order valence-electron chi connectivity index (χ3n) is 1.94. The molecule has 0 aliphatic heterocycles. The highest BCUT2D eigenvalue weighted by Crippen LogP contribution is 2.08. The molecule has 5 nitrogen and oxygen atoms in total. The Morgan fingerprint density at radius 1 is 1.44 bits per heavy atom. The summed E-state index contributed by atoms with van der Waals surface area (Å²) < 4.78 is 24.0. The molecule has 1 aromatic rings. The third-order valence-corrected chi connectivity index (χ3v) is 3.98. The number of nitrogens with one attached hydrogen (secondary N) is 1. The highest BCUT2D eigenvalue weighted by atomic mass is 35.5. The first-order valence-corrected chi connectivity index (χ1v) is 6.67. The van der Waals surface area contributed by atoms with Gasteiger partial charge < -0.3 is 5.32 Å². The molecule has 0 aliphatic rings. The average Bonchev–Trinajstić information content (AvgIpc) is 2.17. The number of rotatable bonds is 5. The lowest BCUT2D eigenvalue weighted by molar-refractivity contribution is 0.521. The predicted octanol–water partition coefficient (Wildman–Crippen LogP) is 1.04. The van der Waals surface area contributed by atoms with E-state index in [0.29, 0.717) is 17.5 Å². The topological polar surface area (TPSA) is 62.3 Å². The van der Waals surface area contributed by atoms with Gasteiger partial charge in [0.25, 0.3) is 0 Å². The number of nitrogens with zero attached hydrogens (tertiary/aromatic N) is 2. The molecule has 0 saturated carbocycles. The Bertz CT molecular complexity index is 448. The second-order valence-corrected chi connectivity index (χ2v) is 6.06. The minimum atomic E-state index is -3.17. The monoisotopic (exact) mass is 263 g/mol. The van der Waals surface area contributed by atoms with Crippen molar-refractivity contribution in [3.63, 3.8) is 0 Å². The second kappa shape index (κ2) is 5.47. The zero-order chi connectivity index (χ0) is 12.2. The van der Waals surface area contributed by atoms with Crippen LogP contribution in [0.1, 0.15) is 0 Å². The van der Waals surface area contributed by atoms with Gasteiger partial charge in [-0.1, -0.05) is 17.7 Å². The normalized spacial score (nSPS) is 11.8. The summed E-state index contributed by atoms with van der Waals surface area (Å²) in [6.45, 7) is 0.299. The molecule has 0 bridgehead atoms. The molecule has 7 heteroatoms. The molecule has 0 radical (unpaired) electrons. The zero-order valence-electron chi connectivity index (χ0n) is 9.14. The molecule has 1 aromatic heterocycles. The molecule has 0 fully saturated rings. The molecule has 0 saturated heterocycles. The minimum Gasteiger partial charge on any atom is -0.369 e. The summed E-state index contributed by atoms with van der Waals surface area (Å²) in [5.74, 6) is 0.593. The van der Waals surface area contributed by atoms with Crippen LogP contribution in [0, 0.1) is 0 Å². The number of pyridine rings is 1. The maximum atomic E-state index is 11.4. The van der Waals surface area contributed by atoms with Crippen molar-refractivity contribution in [2.45, 2.75) is 0 Å². The molecule has 1 rings (SSSR count). The minimum absolute atomic E-state index is 0.0220. The molecular formula is C9H14ClN3O2S. The van der Waals surface area contributed by atoms with Gasteiger partial charge in [0.1, 0.15) is 11.0 Å². The Labute approximate surface area is 100 Å². The Morgan fingerprint density at radius 3 is 2.69 bits per heavy atom. The molecule has 1 heterocycles. The van der Waals surface area contributed by atoms with Gasteiger partial charge in [-0.15, -0.1) is 0 Å². The fraction of sp³-hybridized carbons (Fsp3) is 0.444. The van der Waals surface area contributed by atoms with Crippen molar-refractivity contribution in [2.24, 2.45) is 0 Å². The summed E-state index contributed by atoms with van der Waals surface area (Å²) in [5.41, 5.74) is 0. The van der Waals surface area contributed by atoms with Gasteiger partial charge in [-0.25, -0.2) is 17.7 Å². The van der Waals surface area contributed by atoms with Gasteiger partial charge in [-0.05, 0) is 12.1 Å². The van der Waals surface area contributed by atoms with Crippen LogP contribution in [0.4, 0.5) is 5.82 Å². The largest absolute Gasteiger partial charge is 0.369 e. The van der Waals surface area contributed by atoms with Crippen molar-refractivity contribution in [3.8, 4) is 0 Å². The molecule has 0 aromatic carbocycles. The lowest BCUT2D eigenvalue weighted by Crippen LogP contribution is -2.28. The molecule has 16 heavy (non-hydrogen) atoms. The van der Waals surface area contributed by atoms with E-state index in [9.17, 15) is 8.42 Å². The number of aromatic nitrogens is 1. The Kier molecular flexibility index (Phi) is 4.52. The summed E-state index contributed by atoms with van der Waals surface area (Å²) in [5, 5.41) is 3.27. The van der Waals surface area contributed by atoms with Gasteiger partial charge in [0.15, 0.2) is 0 Å². The second-order valence-electron chi connectivity index (χ2n) is 3.37. The van der Waals surface area contributed by atoms with Crippen LogP contribution in [-0.4, -0.2) is 44.1 Å². The highest BCUT2D eigenvalue weighted by molar-refractivity contribution is 7.89. The smallest absolute Gasteiger partial charge is 0.215 e. The van der Waals surface area contributed by atoms with E-state index in [1.165, 1.54) is 18.4 Å². The quantitative estimate of drug-likeness (QED) is 0.807. The van der Waals surface area contributed by atoms with Crippen LogP contribution in [-0.2, 0) is 10.0 Å². The number of anilines is 1. The fourth-order valence-electron chi connectivity index (χ4n) is 0.997. The van der Waals surface area contributed by atoms with Crippen molar-refractivity contribution in [3.05, 3.63) is 23.4 Å². The van der Waals surface area contributed by atoms with Crippen LogP contribution in [0.5, 0.6) is 0 Å². The third kappa shape index (κ3) is 3.96. The predicted molar refractivity (Wildman–Crippen MR) is 65.2 cm³/mol. The Morgan fingerprint density at radius 2 is 2.12 bits per heavy atom. The van der Waals surface area contributed by atoms with Gasteiger partial charge in [0, 0.05) is 20.6 Å². The molecule has 0 amide bonds. The van der Waals surface area contributed by atoms with Crippen molar-refractivity contribution in [1.29, 1.82) is 0 Å². The zero-order valence-corrected chi connectivity index (χ0v) is 10.7. The SMILES string of the molecule is CN(C)S(=O)(=O)CCNc1cccc(Cl)n1. The maximum Gasteiger partial charge on any atom is 0.215 e. The van der Waals surface area contributed by atoms with Gasteiger partial charge >= 0.3 is 0 Å². The fourth-order valence-corrected chi connectivity index (χ4v) is 1.89. The Hall–Kier alpha value is -0.850. The lowest BCUT2D eigenvalue weighted by atomic mass is 10.4. The van der Waals surface area contributed by atoms with E-state index in [-0.39, 0.29) is 5.75 Å². The molecule has 90 valence electrons. The van der Waals surface area contributed by atoms with Crippen molar-refractivity contribution in [2.75, 3.05) is 31.7 Å². The van der Waals surface area contributed by atoms with E-state index in [1.807, 2.05) is 0 Å². The first kappa shape index (κ1) is 13.2. The molecule has 0 aliphatic carbocycles. The number of halogens is 1. The number of sulfonamides is 1. The van der Waals surface area contributed by atoms with Crippen LogP contribution in [0.2, 0.25) is 5.15 Å². The molecule has 0 spiro atoms. The maximum absolute atomic E-state index is 11.4. The van der Waals surface area contributed by atoms with Gasteiger partial charge in [0.05, 0.1) is 5.75 Å². The first-order valence-electron chi connectivity index (χ1n) is 4.68. The van der Waals surface area contributed by atoms with E-state index < -0.39 is 10.0 Å². The van der Waals surface area contributed by atoms with Crippen molar-refractivity contribution in [1.82, 2.24) is 9.29 Å². The van der Waals surface area contributed by atoms with Gasteiger partial charge in [0.2, 0.25) is 10.0 Å². The van der Waals surface area contributed by atoms with E-state index in [1.54, 1.807) is 18.2 Å². The van der Waals surface area contributed by atoms with E-state index in [2.05, 4.69) is 10.3 Å². The molecule has 0 unspecified atom stereocenters. The van der Waals surface area contributed by atoms with Crippen LogP contribution >= 0.6 is 11.6 Å². The van der Waals surface area contributed by atoms with Crippen LogP contribution in [0.25, 0.3) is 0 Å². The average molecular weight is 264 g/mol. The van der Waals surface area contributed by atoms with Crippen LogP contribution in [0.3, 0.4) is 0 Å². The van der Waals surface area contributed by atoms with E-state index in [4.69, 9.17) is 11.6 Å². The van der Waals surface area contributed by atoms with Gasteiger partial charge in [-0.2, -0.15) is 0 Å². The lowest BCUT2D eigenvalue weighted by Gasteiger charge is -2.11. The molecule has 0 atom stereocenters. The number of hydrogen-bond donors (Lipinski definition) is 1. The summed E-state index contributed by atoms with van der Waals surface area (Å²) in [6.07, 6.45) is 0. The van der Waals surface area contributed by atoms with Crippen molar-refractivity contribution < 1.29 is 8.42 Å². The summed E-state index contributed by atoms with van der Waals surface area (Å²) in [6, 6.07) is 5.13. The van der Waals surface area contributed by atoms with Gasteiger partial charge in [-0.3, -0.25) is 0 Å². The summed E-state index contributed by atoms with van der Waals surface area (Å²) >= 11 is 5.69. The number of hydrogen-bond acceptors (Lipinski definition) is 4. The molecular weight excluding hydrogens is 250 g/mol. The van der Waals surface area contributed by atoms with Crippen molar-refractivity contribution >= 4 is 27.4 Å². The Balaban J connectivity index is 2.48.